The lowest BCUT2D eigenvalue weighted by Gasteiger charge is -2.27. The number of halogens is 3. The van der Waals surface area contributed by atoms with Gasteiger partial charge < -0.3 is 9.84 Å². The number of nitrogens with zero attached hydrogens (tertiary/aromatic N) is 2. The number of thioether (sulfide) groups is 1. The molecule has 21 heavy (non-hydrogen) atoms. The summed E-state index contributed by atoms with van der Waals surface area (Å²) in [5.41, 5.74) is -3.22. The number of hydrogen-bond acceptors (Lipinski definition) is 6. The van der Waals surface area contributed by atoms with Gasteiger partial charge in [-0.05, 0) is 19.1 Å². The van der Waals surface area contributed by atoms with Crippen molar-refractivity contribution in [3.63, 3.8) is 0 Å². The molecule has 0 fully saturated rings. The summed E-state index contributed by atoms with van der Waals surface area (Å²) in [5.74, 6) is -1.16. The maximum atomic E-state index is 13.1. The van der Waals surface area contributed by atoms with Crippen LogP contribution in [0.25, 0.3) is 0 Å². The first-order valence-corrected chi connectivity index (χ1v) is 6.80. The fourth-order valence-electron chi connectivity index (χ4n) is 1.70. The smallest absolute Gasteiger partial charge is 0.440 e. The second-order valence-electron chi connectivity index (χ2n) is 4.13. The Labute approximate surface area is 122 Å². The number of aromatic nitrogens is 1. The van der Waals surface area contributed by atoms with Gasteiger partial charge in [0.15, 0.2) is 5.25 Å². The maximum Gasteiger partial charge on any atom is 0.440 e. The van der Waals surface area contributed by atoms with Gasteiger partial charge in [-0.25, -0.2) is 4.99 Å². The molecule has 0 saturated carbocycles. The van der Waals surface area contributed by atoms with Crippen molar-refractivity contribution >= 4 is 22.8 Å². The molecule has 5 nitrogen and oxygen atoms in total. The van der Waals surface area contributed by atoms with E-state index < -0.39 is 23.1 Å². The molecule has 0 spiro atoms. The Hall–Kier alpha value is -1.61. The maximum absolute atomic E-state index is 13.1. The number of hydrogen-bond donors (Lipinski definition) is 1. The molecule has 0 saturated heterocycles. The van der Waals surface area contributed by atoms with Crippen LogP contribution in [0.3, 0.4) is 0 Å². The lowest BCUT2D eigenvalue weighted by Crippen LogP contribution is -2.53. The number of aliphatic hydroxyl groups is 1. The third-order valence-corrected chi connectivity index (χ3v) is 4.00. The minimum absolute atomic E-state index is 0.0912. The largest absolute Gasteiger partial charge is 0.465 e. The summed E-state index contributed by atoms with van der Waals surface area (Å²) in [4.78, 5) is 18.8. The quantitative estimate of drug-likeness (QED) is 0.859. The molecular formula is C12H11F3N2O3S. The van der Waals surface area contributed by atoms with E-state index in [1.165, 1.54) is 31.5 Å². The fraction of sp³-hybridized carbons (Fsp3) is 0.417. The summed E-state index contributed by atoms with van der Waals surface area (Å²) in [6, 6.07) is 3.01. The first-order valence-electron chi connectivity index (χ1n) is 5.92. The van der Waals surface area contributed by atoms with Gasteiger partial charge in [0.25, 0.3) is 5.72 Å². The van der Waals surface area contributed by atoms with Crippen LogP contribution >= 0.6 is 11.8 Å². The van der Waals surface area contributed by atoms with E-state index in [2.05, 4.69) is 14.7 Å². The van der Waals surface area contributed by atoms with Gasteiger partial charge in [-0.3, -0.25) is 9.78 Å². The molecule has 9 heteroatoms. The fourth-order valence-corrected chi connectivity index (χ4v) is 2.88. The highest BCUT2D eigenvalue weighted by atomic mass is 32.2. The number of aliphatic imine (C=N–C) groups is 1. The summed E-state index contributed by atoms with van der Waals surface area (Å²) >= 11 is 0.511. The number of carbonyl (C=O) groups is 1. The van der Waals surface area contributed by atoms with E-state index in [9.17, 15) is 23.1 Å². The van der Waals surface area contributed by atoms with E-state index in [1.54, 1.807) is 0 Å². The second-order valence-corrected chi connectivity index (χ2v) is 5.23. The summed E-state index contributed by atoms with van der Waals surface area (Å²) in [6.45, 7) is 1.37. The number of alkyl halides is 3. The molecule has 2 rings (SSSR count). The topological polar surface area (TPSA) is 71.8 Å². The first kappa shape index (κ1) is 15.8. The number of ether oxygens (including phenoxy) is 1. The molecule has 0 aromatic carbocycles. The Balaban J connectivity index is 2.41. The van der Waals surface area contributed by atoms with Crippen LogP contribution in [-0.2, 0) is 9.53 Å². The van der Waals surface area contributed by atoms with Crippen LogP contribution in [0, 0.1) is 0 Å². The highest BCUT2D eigenvalue weighted by molar-refractivity contribution is 8.15. The number of esters is 1. The van der Waals surface area contributed by atoms with Crippen LogP contribution < -0.4 is 0 Å². The number of rotatable bonds is 3. The Morgan fingerprint density at radius 2 is 2.29 bits per heavy atom. The van der Waals surface area contributed by atoms with E-state index in [1.807, 2.05) is 0 Å². The Morgan fingerprint density at radius 3 is 2.81 bits per heavy atom. The third kappa shape index (κ3) is 2.88. The first-order chi connectivity index (χ1) is 9.79. The van der Waals surface area contributed by atoms with E-state index in [0.717, 1.165) is 0 Å². The molecule has 1 aromatic rings. The summed E-state index contributed by atoms with van der Waals surface area (Å²) < 4.78 is 43.9. The van der Waals surface area contributed by atoms with Crippen molar-refractivity contribution in [2.45, 2.75) is 24.1 Å². The van der Waals surface area contributed by atoms with Crippen molar-refractivity contribution in [2.75, 3.05) is 6.61 Å². The predicted octanol–water partition coefficient (Wildman–Crippen LogP) is 1.76. The molecule has 2 unspecified atom stereocenters. The molecule has 1 aliphatic rings. The summed E-state index contributed by atoms with van der Waals surface area (Å²) in [6.07, 6.45) is -2.35. The average molecular weight is 320 g/mol. The van der Waals surface area contributed by atoms with Gasteiger partial charge in [-0.2, -0.15) is 13.2 Å². The van der Waals surface area contributed by atoms with Crippen LogP contribution in [0.4, 0.5) is 13.2 Å². The molecule has 1 aliphatic heterocycles. The minimum Gasteiger partial charge on any atom is -0.465 e. The van der Waals surface area contributed by atoms with Crippen LogP contribution in [0.15, 0.2) is 29.5 Å². The number of pyridine rings is 1. The lowest BCUT2D eigenvalue weighted by molar-refractivity contribution is -0.256. The van der Waals surface area contributed by atoms with E-state index in [-0.39, 0.29) is 17.2 Å². The molecule has 0 aliphatic carbocycles. The van der Waals surface area contributed by atoms with Gasteiger partial charge in [-0.1, -0.05) is 11.8 Å². The van der Waals surface area contributed by atoms with Crippen LogP contribution in [0.2, 0.25) is 0 Å². The standard InChI is InChI=1S/C12H11F3N2O3S/c1-2-20-10(18)8-11(19,12(13,14)15)17-9(21-8)7-4-3-5-16-6-7/h3-6,8,19H,2H2,1H3. The normalized spacial score (nSPS) is 25.6. The molecule has 114 valence electrons. The molecule has 2 atom stereocenters. The van der Waals surface area contributed by atoms with Gasteiger partial charge in [0, 0.05) is 18.0 Å². The Morgan fingerprint density at radius 1 is 1.57 bits per heavy atom. The van der Waals surface area contributed by atoms with Crippen LogP contribution in [0.5, 0.6) is 0 Å². The average Bonchev–Trinajstić information content (AvgIpc) is 2.79. The van der Waals surface area contributed by atoms with Gasteiger partial charge in [0.2, 0.25) is 0 Å². The van der Waals surface area contributed by atoms with Crippen molar-refractivity contribution in [3.8, 4) is 0 Å². The summed E-state index contributed by atoms with van der Waals surface area (Å²) in [7, 11) is 0. The molecule has 0 radical (unpaired) electrons. The van der Waals surface area contributed by atoms with Crippen molar-refractivity contribution < 1.29 is 27.8 Å². The minimum atomic E-state index is -5.10. The van der Waals surface area contributed by atoms with Crippen molar-refractivity contribution in [1.82, 2.24) is 4.98 Å². The predicted molar refractivity (Wildman–Crippen MR) is 69.8 cm³/mol. The zero-order chi connectivity index (χ0) is 15.7. The van der Waals surface area contributed by atoms with E-state index in [4.69, 9.17) is 0 Å². The molecule has 0 amide bonds. The van der Waals surface area contributed by atoms with Gasteiger partial charge in [0.1, 0.15) is 5.04 Å². The Bertz CT molecular complexity index is 565. The lowest BCUT2D eigenvalue weighted by atomic mass is 10.1. The number of carbonyl (C=O) groups excluding carboxylic acids is 1. The van der Waals surface area contributed by atoms with Gasteiger partial charge in [-0.15, -0.1) is 0 Å². The molecule has 0 bridgehead atoms. The second kappa shape index (κ2) is 5.64. The van der Waals surface area contributed by atoms with Crippen molar-refractivity contribution in [1.29, 1.82) is 0 Å². The van der Waals surface area contributed by atoms with Crippen LogP contribution in [-0.4, -0.2) is 44.9 Å². The van der Waals surface area contributed by atoms with Crippen molar-refractivity contribution in [2.24, 2.45) is 4.99 Å². The molecular weight excluding hydrogens is 309 g/mol. The summed E-state index contributed by atoms with van der Waals surface area (Å²) in [5, 5.41) is 7.86. The zero-order valence-electron chi connectivity index (χ0n) is 10.8. The van der Waals surface area contributed by atoms with Crippen LogP contribution in [0.1, 0.15) is 12.5 Å². The zero-order valence-corrected chi connectivity index (χ0v) is 11.6. The molecule has 1 aromatic heterocycles. The van der Waals surface area contributed by atoms with Crippen molar-refractivity contribution in [3.05, 3.63) is 30.1 Å². The van der Waals surface area contributed by atoms with E-state index >= 15 is 0 Å². The Kier molecular flexibility index (Phi) is 4.24. The SMILES string of the molecule is CCOC(=O)C1SC(c2cccnc2)=NC1(O)C(F)(F)F. The van der Waals surface area contributed by atoms with Gasteiger partial charge >= 0.3 is 12.1 Å². The highest BCUT2D eigenvalue weighted by Gasteiger charge is 2.65. The highest BCUT2D eigenvalue weighted by Crippen LogP contribution is 2.46. The van der Waals surface area contributed by atoms with E-state index in [0.29, 0.717) is 11.8 Å². The third-order valence-electron chi connectivity index (χ3n) is 2.69. The van der Waals surface area contributed by atoms with Gasteiger partial charge in [0.05, 0.1) is 6.61 Å². The molecule has 2 heterocycles. The molecule has 1 N–H and O–H groups in total. The monoisotopic (exact) mass is 320 g/mol.